The van der Waals surface area contributed by atoms with Crippen LogP contribution in [0.4, 0.5) is 4.79 Å². The van der Waals surface area contributed by atoms with Crippen molar-refractivity contribution < 1.29 is 42.8 Å². The molecular formula is C19H29NO9. The fourth-order valence-electron chi connectivity index (χ4n) is 4.02. The molecule has 2 heterocycles. The van der Waals surface area contributed by atoms with Crippen molar-refractivity contribution in [3.05, 3.63) is 0 Å². The normalized spacial score (nSPS) is 34.7. The highest BCUT2D eigenvalue weighted by Crippen LogP contribution is 2.38. The number of carbonyl (C=O) groups excluding carboxylic acids is 3. The number of carbonyl (C=O) groups is 3. The molecule has 0 spiro atoms. The van der Waals surface area contributed by atoms with Crippen LogP contribution in [0.1, 0.15) is 52.9 Å². The lowest BCUT2D eigenvalue weighted by molar-refractivity contribution is -0.318. The molecule has 3 fully saturated rings. The predicted octanol–water partition coefficient (Wildman–Crippen LogP) is 1.40. The standard InChI is InChI=1S/C19H29NO9/c1-11(21)24-10-19(29-12(2)22)17-16(26-13(3)27-17)15(9-25-19)28-18(23)20-14-7-5-4-6-8-14/h13-17H,4-10H2,1-3H3,(H,20,23)/t13?,15-,16+,17+,19-/m1/s1. The van der Waals surface area contributed by atoms with Gasteiger partial charge >= 0.3 is 18.0 Å². The monoisotopic (exact) mass is 415 g/mol. The minimum absolute atomic E-state index is 0.0975. The molecule has 1 saturated carbocycles. The van der Waals surface area contributed by atoms with Crippen molar-refractivity contribution in [1.29, 1.82) is 0 Å². The SMILES string of the molecule is CC(=O)OC[C@]1(OC(C)=O)OC[C@@H](OC(=O)NC2CCCCC2)[C@@H]2OC(C)O[C@@H]21. The quantitative estimate of drug-likeness (QED) is 0.525. The molecule has 164 valence electrons. The lowest BCUT2D eigenvalue weighted by Gasteiger charge is -2.43. The number of hydrogen-bond acceptors (Lipinski definition) is 9. The lowest BCUT2D eigenvalue weighted by atomic mass is 9.96. The Morgan fingerprint density at radius 2 is 1.79 bits per heavy atom. The van der Waals surface area contributed by atoms with Crippen molar-refractivity contribution in [3.63, 3.8) is 0 Å². The zero-order chi connectivity index (χ0) is 21.0. The smallest absolute Gasteiger partial charge is 0.407 e. The summed E-state index contributed by atoms with van der Waals surface area (Å²) >= 11 is 0. The molecule has 0 aromatic rings. The Kier molecular flexibility index (Phi) is 6.97. The van der Waals surface area contributed by atoms with Gasteiger partial charge in [0.25, 0.3) is 5.79 Å². The Morgan fingerprint density at radius 1 is 1.07 bits per heavy atom. The zero-order valence-electron chi connectivity index (χ0n) is 17.0. The van der Waals surface area contributed by atoms with Crippen LogP contribution < -0.4 is 5.32 Å². The number of fused-ring (bicyclic) bond motifs is 1. The van der Waals surface area contributed by atoms with E-state index >= 15 is 0 Å². The number of ether oxygens (including phenoxy) is 6. The molecule has 1 amide bonds. The molecule has 5 atom stereocenters. The summed E-state index contributed by atoms with van der Waals surface area (Å²) < 4.78 is 33.3. The average Bonchev–Trinajstić information content (AvgIpc) is 3.05. The summed E-state index contributed by atoms with van der Waals surface area (Å²) in [5, 5.41) is 2.88. The molecule has 1 N–H and O–H groups in total. The molecule has 10 heteroatoms. The molecule has 0 aromatic heterocycles. The van der Waals surface area contributed by atoms with Crippen molar-refractivity contribution in [2.24, 2.45) is 0 Å². The Morgan fingerprint density at radius 3 is 2.45 bits per heavy atom. The third-order valence-electron chi connectivity index (χ3n) is 5.26. The van der Waals surface area contributed by atoms with E-state index in [2.05, 4.69) is 5.32 Å². The number of hydrogen-bond donors (Lipinski definition) is 1. The molecule has 3 rings (SSSR count). The lowest BCUT2D eigenvalue weighted by Crippen LogP contribution is -2.64. The molecule has 3 aliphatic rings. The van der Waals surface area contributed by atoms with Crippen LogP contribution in [0.2, 0.25) is 0 Å². The maximum Gasteiger partial charge on any atom is 0.407 e. The van der Waals surface area contributed by atoms with Gasteiger partial charge in [-0.15, -0.1) is 0 Å². The van der Waals surface area contributed by atoms with Crippen molar-refractivity contribution >= 4 is 18.0 Å². The summed E-state index contributed by atoms with van der Waals surface area (Å²) in [5.74, 6) is -2.87. The summed E-state index contributed by atoms with van der Waals surface area (Å²) in [6.45, 7) is 3.65. The summed E-state index contributed by atoms with van der Waals surface area (Å²) in [5.41, 5.74) is 0. The van der Waals surface area contributed by atoms with E-state index in [1.807, 2.05) is 0 Å². The van der Waals surface area contributed by atoms with Crippen molar-refractivity contribution in [3.8, 4) is 0 Å². The van der Waals surface area contributed by atoms with Gasteiger partial charge in [-0.25, -0.2) is 4.79 Å². The summed E-state index contributed by atoms with van der Waals surface area (Å²) in [6, 6.07) is 0.0975. The number of rotatable bonds is 5. The Hall–Kier alpha value is -1.91. The van der Waals surface area contributed by atoms with Crippen LogP contribution in [-0.2, 0) is 38.0 Å². The fraction of sp³-hybridized carbons (Fsp3) is 0.842. The van der Waals surface area contributed by atoms with E-state index < -0.39 is 48.4 Å². The number of amides is 1. The zero-order valence-corrected chi connectivity index (χ0v) is 17.0. The first-order valence-corrected chi connectivity index (χ1v) is 10.0. The van der Waals surface area contributed by atoms with Gasteiger partial charge in [0.15, 0.2) is 25.1 Å². The highest BCUT2D eigenvalue weighted by Gasteiger charge is 2.61. The molecule has 0 bridgehead atoms. The average molecular weight is 415 g/mol. The van der Waals surface area contributed by atoms with Gasteiger partial charge in [0, 0.05) is 19.9 Å². The maximum atomic E-state index is 12.4. The number of nitrogens with one attached hydrogen (secondary N) is 1. The van der Waals surface area contributed by atoms with Gasteiger partial charge in [0.2, 0.25) is 0 Å². The van der Waals surface area contributed by atoms with E-state index in [4.69, 9.17) is 28.4 Å². The topological polar surface area (TPSA) is 119 Å². The van der Waals surface area contributed by atoms with Gasteiger partial charge in [-0.2, -0.15) is 0 Å². The van der Waals surface area contributed by atoms with Crippen LogP contribution in [0.3, 0.4) is 0 Å². The van der Waals surface area contributed by atoms with Crippen molar-refractivity contribution in [1.82, 2.24) is 5.32 Å². The van der Waals surface area contributed by atoms with Gasteiger partial charge in [-0.3, -0.25) is 9.59 Å². The van der Waals surface area contributed by atoms with E-state index in [1.54, 1.807) is 6.92 Å². The van der Waals surface area contributed by atoms with E-state index in [-0.39, 0.29) is 19.3 Å². The van der Waals surface area contributed by atoms with Crippen molar-refractivity contribution in [2.45, 2.75) is 89.3 Å². The molecule has 1 aliphatic carbocycles. The highest BCUT2D eigenvalue weighted by molar-refractivity contribution is 5.68. The second-order valence-electron chi connectivity index (χ2n) is 7.64. The van der Waals surface area contributed by atoms with Gasteiger partial charge in [0.05, 0.1) is 6.61 Å². The highest BCUT2D eigenvalue weighted by atomic mass is 16.8. The summed E-state index contributed by atoms with van der Waals surface area (Å²) in [6.07, 6.45) is 1.56. The predicted molar refractivity (Wildman–Crippen MR) is 96.6 cm³/mol. The Labute approximate surface area is 169 Å². The van der Waals surface area contributed by atoms with Crippen LogP contribution in [0.15, 0.2) is 0 Å². The molecule has 2 aliphatic heterocycles. The van der Waals surface area contributed by atoms with E-state index in [9.17, 15) is 14.4 Å². The second-order valence-corrected chi connectivity index (χ2v) is 7.64. The van der Waals surface area contributed by atoms with Crippen LogP contribution in [0.5, 0.6) is 0 Å². The molecule has 0 radical (unpaired) electrons. The van der Waals surface area contributed by atoms with Crippen molar-refractivity contribution in [2.75, 3.05) is 13.2 Å². The third-order valence-corrected chi connectivity index (χ3v) is 5.26. The summed E-state index contributed by atoms with van der Waals surface area (Å²) in [7, 11) is 0. The molecule has 1 unspecified atom stereocenters. The third kappa shape index (κ3) is 5.37. The molecule has 29 heavy (non-hydrogen) atoms. The van der Waals surface area contributed by atoms with E-state index in [1.165, 1.54) is 20.3 Å². The largest absolute Gasteiger partial charge is 0.459 e. The number of esters is 2. The molecular weight excluding hydrogens is 386 g/mol. The van der Waals surface area contributed by atoms with Crippen LogP contribution >= 0.6 is 0 Å². The molecule has 0 aromatic carbocycles. The first kappa shape index (κ1) is 21.8. The van der Waals surface area contributed by atoms with E-state index in [0.29, 0.717) is 0 Å². The second kappa shape index (κ2) is 9.27. The van der Waals surface area contributed by atoms with Gasteiger partial charge in [0.1, 0.15) is 6.10 Å². The summed E-state index contributed by atoms with van der Waals surface area (Å²) in [4.78, 5) is 35.3. The first-order valence-electron chi connectivity index (χ1n) is 10.0. The van der Waals surface area contributed by atoms with E-state index in [0.717, 1.165) is 25.7 Å². The van der Waals surface area contributed by atoms with Crippen LogP contribution in [0, 0.1) is 0 Å². The van der Waals surface area contributed by atoms with Gasteiger partial charge in [-0.05, 0) is 19.8 Å². The molecule has 2 saturated heterocycles. The number of alkyl carbamates (subject to hydrolysis) is 1. The Bertz CT molecular complexity index is 621. The maximum absolute atomic E-state index is 12.4. The minimum Gasteiger partial charge on any atom is -0.459 e. The van der Waals surface area contributed by atoms with Crippen LogP contribution in [-0.4, -0.2) is 67.7 Å². The minimum atomic E-state index is -1.67. The first-order chi connectivity index (χ1) is 13.8. The van der Waals surface area contributed by atoms with Gasteiger partial charge < -0.3 is 33.7 Å². The fourth-order valence-corrected chi connectivity index (χ4v) is 4.02. The van der Waals surface area contributed by atoms with Gasteiger partial charge in [-0.1, -0.05) is 19.3 Å². The van der Waals surface area contributed by atoms with Crippen LogP contribution in [0.25, 0.3) is 0 Å². The molecule has 10 nitrogen and oxygen atoms in total. The Balaban J connectivity index is 1.69.